The van der Waals surface area contributed by atoms with Crippen molar-refractivity contribution in [1.82, 2.24) is 9.97 Å². The largest absolute Gasteiger partial charge is 0.465 e. The molecule has 138 valence electrons. The average molecular weight is 370 g/mol. The molecule has 0 fully saturated rings. The topological polar surface area (TPSA) is 76.1 Å². The van der Waals surface area contributed by atoms with Crippen molar-refractivity contribution in [3.8, 4) is 0 Å². The number of nitrogens with one attached hydrogen (secondary N) is 2. The highest BCUT2D eigenvalue weighted by Crippen LogP contribution is 2.22. The molecule has 0 bridgehead atoms. The Labute approximate surface area is 154 Å². The number of benzene rings is 2. The molecule has 2 N–H and O–H groups in total. The number of esters is 1. The number of halogens is 2. The first kappa shape index (κ1) is 18.2. The lowest BCUT2D eigenvalue weighted by Gasteiger charge is -2.11. The van der Waals surface area contributed by atoms with Gasteiger partial charge in [-0.1, -0.05) is 6.07 Å². The van der Waals surface area contributed by atoms with Gasteiger partial charge in [0, 0.05) is 23.5 Å². The molecule has 2 aromatic carbocycles. The summed E-state index contributed by atoms with van der Waals surface area (Å²) in [5, 5.41) is 5.79. The lowest BCUT2D eigenvalue weighted by atomic mass is 10.2. The van der Waals surface area contributed by atoms with Crippen molar-refractivity contribution >= 4 is 29.1 Å². The van der Waals surface area contributed by atoms with Gasteiger partial charge in [0.25, 0.3) is 0 Å². The van der Waals surface area contributed by atoms with Crippen LogP contribution in [0.5, 0.6) is 0 Å². The molecular formula is C19H16F2N4O2. The Hall–Kier alpha value is -3.55. The minimum Gasteiger partial charge on any atom is -0.465 e. The molecule has 8 heteroatoms. The van der Waals surface area contributed by atoms with Gasteiger partial charge < -0.3 is 15.4 Å². The first-order valence-corrected chi connectivity index (χ1v) is 7.98. The molecule has 0 aliphatic rings. The normalized spacial score (nSPS) is 10.4. The summed E-state index contributed by atoms with van der Waals surface area (Å²) < 4.78 is 31.6. The third kappa shape index (κ3) is 4.55. The van der Waals surface area contributed by atoms with E-state index in [0.29, 0.717) is 22.8 Å². The molecule has 1 aromatic heterocycles. The smallest absolute Gasteiger partial charge is 0.337 e. The number of carbonyl (C=O) groups is 1. The van der Waals surface area contributed by atoms with Crippen molar-refractivity contribution in [3.63, 3.8) is 0 Å². The summed E-state index contributed by atoms with van der Waals surface area (Å²) in [6.07, 6.45) is 0. The Kier molecular flexibility index (Phi) is 5.25. The lowest BCUT2D eigenvalue weighted by molar-refractivity contribution is 0.0601. The third-order valence-corrected chi connectivity index (χ3v) is 3.59. The minimum atomic E-state index is -0.730. The predicted molar refractivity (Wildman–Crippen MR) is 97.5 cm³/mol. The third-order valence-electron chi connectivity index (χ3n) is 3.59. The van der Waals surface area contributed by atoms with Gasteiger partial charge in [-0.15, -0.1) is 0 Å². The second-order valence-electron chi connectivity index (χ2n) is 5.66. The summed E-state index contributed by atoms with van der Waals surface area (Å²) in [5.74, 6) is -1.27. The van der Waals surface area contributed by atoms with Crippen LogP contribution in [0.1, 0.15) is 16.1 Å². The van der Waals surface area contributed by atoms with E-state index < -0.39 is 17.6 Å². The molecule has 0 spiro atoms. The highest BCUT2D eigenvalue weighted by molar-refractivity contribution is 5.90. The van der Waals surface area contributed by atoms with Crippen LogP contribution in [-0.2, 0) is 4.74 Å². The number of rotatable bonds is 5. The van der Waals surface area contributed by atoms with Crippen LogP contribution in [-0.4, -0.2) is 23.0 Å². The second-order valence-corrected chi connectivity index (χ2v) is 5.66. The number of ether oxygens (including phenoxy) is 1. The predicted octanol–water partition coefficient (Wildman–Crippen LogP) is 4.34. The fraction of sp³-hybridized carbons (Fsp3) is 0.105. The Bertz CT molecular complexity index is 995. The van der Waals surface area contributed by atoms with Gasteiger partial charge in [-0.2, -0.15) is 4.98 Å². The summed E-state index contributed by atoms with van der Waals surface area (Å²) >= 11 is 0. The fourth-order valence-electron chi connectivity index (χ4n) is 2.39. The van der Waals surface area contributed by atoms with Crippen molar-refractivity contribution < 1.29 is 18.3 Å². The molecule has 27 heavy (non-hydrogen) atoms. The Morgan fingerprint density at radius 2 is 1.85 bits per heavy atom. The van der Waals surface area contributed by atoms with Gasteiger partial charge in [0.05, 0.1) is 18.4 Å². The Morgan fingerprint density at radius 3 is 2.59 bits per heavy atom. The molecule has 0 saturated carbocycles. The van der Waals surface area contributed by atoms with Crippen LogP contribution < -0.4 is 10.6 Å². The summed E-state index contributed by atoms with van der Waals surface area (Å²) in [5.41, 5.74) is 1.68. The van der Waals surface area contributed by atoms with Crippen molar-refractivity contribution in [1.29, 1.82) is 0 Å². The van der Waals surface area contributed by atoms with E-state index >= 15 is 0 Å². The molecule has 3 rings (SSSR count). The number of hydrogen-bond acceptors (Lipinski definition) is 6. The van der Waals surface area contributed by atoms with E-state index in [2.05, 4.69) is 20.6 Å². The number of aryl methyl sites for hydroxylation is 1. The molecule has 0 unspecified atom stereocenters. The van der Waals surface area contributed by atoms with Gasteiger partial charge >= 0.3 is 5.97 Å². The number of carbonyl (C=O) groups excluding carboxylic acids is 1. The summed E-state index contributed by atoms with van der Waals surface area (Å²) in [7, 11) is 1.30. The molecule has 0 radical (unpaired) electrons. The Balaban J connectivity index is 1.84. The first-order chi connectivity index (χ1) is 12.9. The van der Waals surface area contributed by atoms with Crippen LogP contribution in [0.4, 0.5) is 31.9 Å². The molecule has 0 atom stereocenters. The number of nitrogens with zero attached hydrogens (tertiary/aromatic N) is 2. The molecule has 0 amide bonds. The quantitative estimate of drug-likeness (QED) is 0.651. The number of anilines is 4. The lowest BCUT2D eigenvalue weighted by Crippen LogP contribution is -2.05. The second kappa shape index (κ2) is 7.77. The fourth-order valence-corrected chi connectivity index (χ4v) is 2.39. The van der Waals surface area contributed by atoms with Crippen molar-refractivity contribution in [2.45, 2.75) is 6.92 Å². The highest BCUT2D eigenvalue weighted by atomic mass is 19.1. The van der Waals surface area contributed by atoms with Crippen LogP contribution in [0, 0.1) is 18.6 Å². The van der Waals surface area contributed by atoms with Crippen molar-refractivity contribution in [3.05, 3.63) is 71.4 Å². The van der Waals surface area contributed by atoms with Crippen LogP contribution in [0.25, 0.3) is 0 Å². The van der Waals surface area contributed by atoms with E-state index in [-0.39, 0.29) is 11.6 Å². The molecule has 0 aliphatic heterocycles. The zero-order valence-corrected chi connectivity index (χ0v) is 14.6. The standard InChI is InChI=1S/C19H16F2N4O2/c1-11-8-17(24-16-7-6-13(20)10-15(16)21)25-19(22-11)23-14-5-3-4-12(9-14)18(26)27-2/h3-10H,1-2H3,(H2,22,23,24,25). The summed E-state index contributed by atoms with van der Waals surface area (Å²) in [6, 6.07) is 11.5. The van der Waals surface area contributed by atoms with Gasteiger partial charge in [-0.25, -0.2) is 18.6 Å². The molecule has 0 aliphatic carbocycles. The van der Waals surface area contributed by atoms with Gasteiger partial charge in [0.2, 0.25) is 5.95 Å². The van der Waals surface area contributed by atoms with E-state index in [1.165, 1.54) is 13.2 Å². The van der Waals surface area contributed by atoms with Crippen LogP contribution in [0.15, 0.2) is 48.5 Å². The molecule has 3 aromatic rings. The summed E-state index contributed by atoms with van der Waals surface area (Å²) in [6.45, 7) is 1.75. The maximum absolute atomic E-state index is 13.8. The zero-order valence-electron chi connectivity index (χ0n) is 14.6. The van der Waals surface area contributed by atoms with Gasteiger partial charge in [0.15, 0.2) is 0 Å². The first-order valence-electron chi connectivity index (χ1n) is 7.98. The number of aromatic nitrogens is 2. The van der Waals surface area contributed by atoms with Crippen molar-refractivity contribution in [2.24, 2.45) is 0 Å². The minimum absolute atomic E-state index is 0.0909. The molecule has 1 heterocycles. The van der Waals surface area contributed by atoms with E-state index in [1.807, 2.05) is 0 Å². The molecule has 6 nitrogen and oxygen atoms in total. The zero-order chi connectivity index (χ0) is 19.4. The maximum atomic E-state index is 13.8. The average Bonchev–Trinajstić information content (AvgIpc) is 2.63. The van der Waals surface area contributed by atoms with Crippen LogP contribution in [0.3, 0.4) is 0 Å². The van der Waals surface area contributed by atoms with E-state index in [4.69, 9.17) is 4.74 Å². The highest BCUT2D eigenvalue weighted by Gasteiger charge is 2.09. The molecule has 0 saturated heterocycles. The monoisotopic (exact) mass is 370 g/mol. The maximum Gasteiger partial charge on any atom is 0.337 e. The SMILES string of the molecule is COC(=O)c1cccc(Nc2nc(C)cc(Nc3ccc(F)cc3F)n2)c1. The van der Waals surface area contributed by atoms with E-state index in [0.717, 1.165) is 12.1 Å². The van der Waals surface area contributed by atoms with Crippen molar-refractivity contribution in [2.75, 3.05) is 17.7 Å². The van der Waals surface area contributed by atoms with E-state index in [1.54, 1.807) is 37.3 Å². The van der Waals surface area contributed by atoms with Crippen LogP contribution in [0.2, 0.25) is 0 Å². The van der Waals surface area contributed by atoms with Gasteiger partial charge in [0.1, 0.15) is 17.5 Å². The summed E-state index contributed by atoms with van der Waals surface area (Å²) in [4.78, 5) is 20.2. The molecular weight excluding hydrogens is 354 g/mol. The van der Waals surface area contributed by atoms with Gasteiger partial charge in [-0.3, -0.25) is 0 Å². The Morgan fingerprint density at radius 1 is 1.04 bits per heavy atom. The number of methoxy groups -OCH3 is 1. The number of hydrogen-bond donors (Lipinski definition) is 2. The van der Waals surface area contributed by atoms with Crippen LogP contribution >= 0.6 is 0 Å². The van der Waals surface area contributed by atoms with Gasteiger partial charge in [-0.05, 0) is 37.3 Å². The van der Waals surface area contributed by atoms with E-state index in [9.17, 15) is 13.6 Å².